The summed E-state index contributed by atoms with van der Waals surface area (Å²) >= 11 is 5.94. The van der Waals surface area contributed by atoms with Crippen molar-refractivity contribution in [2.24, 2.45) is 0 Å². The fraction of sp³-hybridized carbons (Fsp3) is 0.429. The molecular weight excluding hydrogens is 218 g/mol. The Morgan fingerprint density at radius 2 is 2.25 bits per heavy atom. The van der Waals surface area contributed by atoms with Crippen LogP contribution in [0.25, 0.3) is 0 Å². The van der Waals surface area contributed by atoms with Crippen LogP contribution in [0.3, 0.4) is 0 Å². The highest BCUT2D eigenvalue weighted by atomic mass is 35.5. The highest BCUT2D eigenvalue weighted by Gasteiger charge is 1.95. The standard InChI is InChI=1S/C14H20ClN/c1-3-16-9-5-6-12(2)10-13-7-4-8-14(15)11-13/h4,6-8,11,16H,3,5,9-10H2,1-2H3. The molecule has 2 heteroatoms. The molecule has 88 valence electrons. The molecule has 1 rings (SSSR count). The Bertz CT molecular complexity index is 344. The number of hydrogen-bond donors (Lipinski definition) is 1. The van der Waals surface area contributed by atoms with Crippen LogP contribution in [0.5, 0.6) is 0 Å². The van der Waals surface area contributed by atoms with Gasteiger partial charge in [0, 0.05) is 5.02 Å². The second-order valence-corrected chi connectivity index (χ2v) is 4.44. The van der Waals surface area contributed by atoms with Gasteiger partial charge in [0.15, 0.2) is 0 Å². The van der Waals surface area contributed by atoms with Gasteiger partial charge >= 0.3 is 0 Å². The zero-order valence-corrected chi connectivity index (χ0v) is 10.8. The van der Waals surface area contributed by atoms with Crippen LogP contribution < -0.4 is 5.32 Å². The summed E-state index contributed by atoms with van der Waals surface area (Å²) in [7, 11) is 0. The lowest BCUT2D eigenvalue weighted by Crippen LogP contribution is -2.13. The van der Waals surface area contributed by atoms with E-state index in [2.05, 4.69) is 31.3 Å². The van der Waals surface area contributed by atoms with Crippen LogP contribution >= 0.6 is 11.6 Å². The van der Waals surface area contributed by atoms with Gasteiger partial charge in [0.1, 0.15) is 0 Å². The van der Waals surface area contributed by atoms with Crippen LogP contribution in [0.15, 0.2) is 35.9 Å². The molecule has 16 heavy (non-hydrogen) atoms. The van der Waals surface area contributed by atoms with E-state index in [1.165, 1.54) is 11.1 Å². The van der Waals surface area contributed by atoms with Crippen LogP contribution in [0.1, 0.15) is 25.8 Å². The second kappa shape index (κ2) is 7.48. The monoisotopic (exact) mass is 237 g/mol. The molecule has 0 radical (unpaired) electrons. The number of allylic oxidation sites excluding steroid dienone is 1. The van der Waals surface area contributed by atoms with Gasteiger partial charge in [-0.1, -0.05) is 42.3 Å². The molecule has 0 heterocycles. The van der Waals surface area contributed by atoms with Crippen molar-refractivity contribution in [3.8, 4) is 0 Å². The van der Waals surface area contributed by atoms with Gasteiger partial charge in [-0.05, 0) is 50.6 Å². The lowest BCUT2D eigenvalue weighted by atomic mass is 10.1. The first-order chi connectivity index (χ1) is 7.72. The average Bonchev–Trinajstić information content (AvgIpc) is 2.24. The van der Waals surface area contributed by atoms with Crippen LogP contribution in [-0.4, -0.2) is 13.1 Å². The molecule has 1 aromatic carbocycles. The van der Waals surface area contributed by atoms with E-state index >= 15 is 0 Å². The van der Waals surface area contributed by atoms with Gasteiger partial charge in [0.05, 0.1) is 0 Å². The summed E-state index contributed by atoms with van der Waals surface area (Å²) in [5, 5.41) is 4.13. The smallest absolute Gasteiger partial charge is 0.0408 e. The van der Waals surface area contributed by atoms with Crippen molar-refractivity contribution in [2.75, 3.05) is 13.1 Å². The maximum absolute atomic E-state index is 5.94. The molecule has 0 aliphatic heterocycles. The zero-order valence-electron chi connectivity index (χ0n) is 10.1. The molecule has 0 aliphatic rings. The summed E-state index contributed by atoms with van der Waals surface area (Å²) in [5.41, 5.74) is 2.69. The normalized spacial score (nSPS) is 11.8. The maximum atomic E-state index is 5.94. The number of halogens is 1. The highest BCUT2D eigenvalue weighted by Crippen LogP contribution is 2.14. The van der Waals surface area contributed by atoms with E-state index in [0.29, 0.717) is 0 Å². The van der Waals surface area contributed by atoms with Gasteiger partial charge in [-0.15, -0.1) is 0 Å². The second-order valence-electron chi connectivity index (χ2n) is 4.00. The van der Waals surface area contributed by atoms with Gasteiger partial charge in [-0.25, -0.2) is 0 Å². The lowest BCUT2D eigenvalue weighted by molar-refractivity contribution is 0.724. The quantitative estimate of drug-likeness (QED) is 0.586. The SMILES string of the molecule is CCNCCC=C(C)Cc1cccc(Cl)c1. The molecular formula is C14H20ClN. The minimum Gasteiger partial charge on any atom is -0.317 e. The molecule has 0 aromatic heterocycles. The Morgan fingerprint density at radius 1 is 1.44 bits per heavy atom. The number of hydrogen-bond acceptors (Lipinski definition) is 1. The summed E-state index contributed by atoms with van der Waals surface area (Å²) in [5.74, 6) is 0. The third kappa shape index (κ3) is 5.34. The van der Waals surface area contributed by atoms with Gasteiger partial charge in [-0.3, -0.25) is 0 Å². The predicted molar refractivity (Wildman–Crippen MR) is 72.1 cm³/mol. The molecule has 0 amide bonds. The van der Waals surface area contributed by atoms with Gasteiger partial charge in [0.2, 0.25) is 0 Å². The third-order valence-electron chi connectivity index (χ3n) is 2.44. The Labute approximate surface area is 104 Å². The molecule has 0 unspecified atom stereocenters. The molecule has 0 saturated heterocycles. The first-order valence-electron chi connectivity index (χ1n) is 5.83. The lowest BCUT2D eigenvalue weighted by Gasteiger charge is -2.03. The molecule has 0 atom stereocenters. The van der Waals surface area contributed by atoms with E-state index in [9.17, 15) is 0 Å². The Morgan fingerprint density at radius 3 is 2.94 bits per heavy atom. The van der Waals surface area contributed by atoms with E-state index in [1.54, 1.807) is 0 Å². The van der Waals surface area contributed by atoms with Gasteiger partial charge in [0.25, 0.3) is 0 Å². The van der Waals surface area contributed by atoms with Crippen molar-refractivity contribution in [3.05, 3.63) is 46.5 Å². The van der Waals surface area contributed by atoms with E-state index in [4.69, 9.17) is 11.6 Å². The molecule has 0 bridgehead atoms. The molecule has 0 aliphatic carbocycles. The Hall–Kier alpha value is -0.790. The van der Waals surface area contributed by atoms with Crippen molar-refractivity contribution < 1.29 is 0 Å². The van der Waals surface area contributed by atoms with Gasteiger partial charge < -0.3 is 5.32 Å². The molecule has 1 aromatic rings. The summed E-state index contributed by atoms with van der Waals surface area (Å²) in [6.07, 6.45) is 4.39. The maximum Gasteiger partial charge on any atom is 0.0408 e. The minimum absolute atomic E-state index is 0.818. The van der Waals surface area contributed by atoms with Crippen molar-refractivity contribution in [3.63, 3.8) is 0 Å². The number of rotatable bonds is 6. The largest absolute Gasteiger partial charge is 0.317 e. The van der Waals surface area contributed by atoms with Crippen LogP contribution in [0.4, 0.5) is 0 Å². The van der Waals surface area contributed by atoms with E-state index in [0.717, 1.165) is 31.0 Å². The zero-order chi connectivity index (χ0) is 11.8. The highest BCUT2D eigenvalue weighted by molar-refractivity contribution is 6.30. The average molecular weight is 238 g/mol. The van der Waals surface area contributed by atoms with Crippen molar-refractivity contribution in [1.29, 1.82) is 0 Å². The van der Waals surface area contributed by atoms with Gasteiger partial charge in [-0.2, -0.15) is 0 Å². The van der Waals surface area contributed by atoms with E-state index < -0.39 is 0 Å². The fourth-order valence-electron chi connectivity index (χ4n) is 1.64. The summed E-state index contributed by atoms with van der Waals surface area (Å²) in [6.45, 7) is 6.40. The number of benzene rings is 1. The third-order valence-corrected chi connectivity index (χ3v) is 2.67. The molecule has 1 N–H and O–H groups in total. The Kier molecular flexibility index (Phi) is 6.20. The van der Waals surface area contributed by atoms with Crippen molar-refractivity contribution >= 4 is 11.6 Å². The predicted octanol–water partition coefficient (Wildman–Crippen LogP) is 3.83. The number of nitrogens with one attached hydrogen (secondary N) is 1. The minimum atomic E-state index is 0.818. The summed E-state index contributed by atoms with van der Waals surface area (Å²) in [4.78, 5) is 0. The molecule has 0 fully saturated rings. The van der Waals surface area contributed by atoms with Crippen molar-refractivity contribution in [2.45, 2.75) is 26.7 Å². The molecule has 1 nitrogen and oxygen atoms in total. The molecule has 0 spiro atoms. The summed E-state index contributed by atoms with van der Waals surface area (Å²) < 4.78 is 0. The van der Waals surface area contributed by atoms with Crippen LogP contribution in [-0.2, 0) is 6.42 Å². The topological polar surface area (TPSA) is 12.0 Å². The van der Waals surface area contributed by atoms with Crippen LogP contribution in [0, 0.1) is 0 Å². The fourth-order valence-corrected chi connectivity index (χ4v) is 1.85. The van der Waals surface area contributed by atoms with Crippen molar-refractivity contribution in [1.82, 2.24) is 5.32 Å². The van der Waals surface area contributed by atoms with Crippen LogP contribution in [0.2, 0.25) is 5.02 Å². The Balaban J connectivity index is 2.41. The molecule has 0 saturated carbocycles. The first-order valence-corrected chi connectivity index (χ1v) is 6.21. The first kappa shape index (κ1) is 13.3. The summed E-state index contributed by atoms with van der Waals surface area (Å²) in [6, 6.07) is 8.07. The van der Waals surface area contributed by atoms with E-state index in [1.807, 2.05) is 18.2 Å². The van der Waals surface area contributed by atoms with E-state index in [-0.39, 0.29) is 0 Å².